The van der Waals surface area contributed by atoms with Crippen molar-refractivity contribution in [2.24, 2.45) is 5.10 Å². The molecule has 4 nitrogen and oxygen atoms in total. The molecular formula is C19H18BrN3O. The van der Waals surface area contributed by atoms with Crippen molar-refractivity contribution in [2.75, 3.05) is 0 Å². The third-order valence-electron chi connectivity index (χ3n) is 3.81. The maximum absolute atomic E-state index is 12.5. The van der Waals surface area contributed by atoms with Gasteiger partial charge in [0.2, 0.25) is 0 Å². The van der Waals surface area contributed by atoms with Crippen molar-refractivity contribution in [2.45, 2.75) is 26.2 Å². The maximum Gasteiger partial charge on any atom is 0.281 e. The van der Waals surface area contributed by atoms with Gasteiger partial charge in [-0.05, 0) is 34.7 Å². The topological polar surface area (TPSA) is 47.2 Å². The minimum absolute atomic E-state index is 0.113. The smallest absolute Gasteiger partial charge is 0.267 e. The first-order valence-corrected chi connectivity index (χ1v) is 8.46. The molecule has 0 saturated heterocycles. The zero-order valence-corrected chi connectivity index (χ0v) is 15.4. The highest BCUT2D eigenvalue weighted by molar-refractivity contribution is 9.10. The van der Waals surface area contributed by atoms with Crippen LogP contribution in [0.5, 0.6) is 0 Å². The van der Waals surface area contributed by atoms with Gasteiger partial charge in [0.25, 0.3) is 5.56 Å². The monoisotopic (exact) mass is 383 g/mol. The molecule has 1 heterocycles. The average Bonchev–Trinajstić information content (AvgIpc) is 2.54. The van der Waals surface area contributed by atoms with Crippen molar-refractivity contribution < 1.29 is 0 Å². The van der Waals surface area contributed by atoms with E-state index < -0.39 is 0 Å². The van der Waals surface area contributed by atoms with Gasteiger partial charge < -0.3 is 0 Å². The maximum atomic E-state index is 12.5. The van der Waals surface area contributed by atoms with Gasteiger partial charge in [0.1, 0.15) is 6.33 Å². The number of hydrogen-bond donors (Lipinski definition) is 0. The SMILES string of the molecule is CC(C)(C)c1ccc(/C=N/n2cnc3ccc(Br)cc3c2=O)cc1. The lowest BCUT2D eigenvalue weighted by molar-refractivity contribution is 0.590. The number of rotatable bonds is 2. The quantitative estimate of drug-likeness (QED) is 0.617. The molecule has 0 bridgehead atoms. The molecule has 2 aromatic carbocycles. The highest BCUT2D eigenvalue weighted by atomic mass is 79.9. The highest BCUT2D eigenvalue weighted by Crippen LogP contribution is 2.21. The molecule has 0 radical (unpaired) electrons. The van der Waals surface area contributed by atoms with Crippen LogP contribution in [0, 0.1) is 0 Å². The number of fused-ring (bicyclic) bond motifs is 1. The van der Waals surface area contributed by atoms with Crippen LogP contribution in [-0.2, 0) is 5.41 Å². The summed E-state index contributed by atoms with van der Waals surface area (Å²) < 4.78 is 2.10. The van der Waals surface area contributed by atoms with E-state index in [9.17, 15) is 4.79 Å². The predicted octanol–water partition coefficient (Wildman–Crippen LogP) is 4.34. The Morgan fingerprint density at radius 3 is 2.50 bits per heavy atom. The Kier molecular flexibility index (Phi) is 4.37. The summed E-state index contributed by atoms with van der Waals surface area (Å²) in [6.45, 7) is 6.53. The number of benzene rings is 2. The number of nitrogens with zero attached hydrogens (tertiary/aromatic N) is 3. The van der Waals surface area contributed by atoms with E-state index >= 15 is 0 Å². The minimum Gasteiger partial charge on any atom is -0.267 e. The summed E-state index contributed by atoms with van der Waals surface area (Å²) in [5.41, 5.74) is 2.77. The van der Waals surface area contributed by atoms with Gasteiger partial charge in [0.05, 0.1) is 17.1 Å². The molecule has 24 heavy (non-hydrogen) atoms. The van der Waals surface area contributed by atoms with Gasteiger partial charge in [0, 0.05) is 4.47 Å². The van der Waals surface area contributed by atoms with Crippen LogP contribution in [0.2, 0.25) is 0 Å². The van der Waals surface area contributed by atoms with Crippen molar-refractivity contribution in [3.05, 3.63) is 74.7 Å². The summed E-state index contributed by atoms with van der Waals surface area (Å²) >= 11 is 3.38. The van der Waals surface area contributed by atoms with Crippen molar-refractivity contribution in [3.8, 4) is 0 Å². The summed E-state index contributed by atoms with van der Waals surface area (Å²) in [7, 11) is 0. The van der Waals surface area contributed by atoms with Gasteiger partial charge in [-0.2, -0.15) is 9.78 Å². The van der Waals surface area contributed by atoms with E-state index in [2.05, 4.69) is 58.9 Å². The molecule has 0 saturated carbocycles. The van der Waals surface area contributed by atoms with E-state index in [0.29, 0.717) is 10.9 Å². The van der Waals surface area contributed by atoms with Crippen LogP contribution in [0.25, 0.3) is 10.9 Å². The molecule has 0 fully saturated rings. The molecule has 0 spiro atoms. The molecule has 0 N–H and O–H groups in total. The van der Waals surface area contributed by atoms with E-state index in [1.807, 2.05) is 18.2 Å². The summed E-state index contributed by atoms with van der Waals surface area (Å²) in [5, 5.41) is 4.78. The molecule has 0 aliphatic carbocycles. The van der Waals surface area contributed by atoms with Gasteiger partial charge in [0.15, 0.2) is 0 Å². The second kappa shape index (κ2) is 6.32. The van der Waals surface area contributed by atoms with E-state index in [1.165, 1.54) is 16.6 Å². The molecule has 0 atom stereocenters. The fourth-order valence-electron chi connectivity index (χ4n) is 2.37. The van der Waals surface area contributed by atoms with Crippen LogP contribution < -0.4 is 5.56 Å². The number of halogens is 1. The Labute approximate surface area is 149 Å². The Morgan fingerprint density at radius 2 is 1.83 bits per heavy atom. The average molecular weight is 384 g/mol. The fourth-order valence-corrected chi connectivity index (χ4v) is 2.73. The molecule has 3 rings (SSSR count). The molecular weight excluding hydrogens is 366 g/mol. The summed E-state index contributed by atoms with van der Waals surface area (Å²) in [5.74, 6) is 0. The highest BCUT2D eigenvalue weighted by Gasteiger charge is 2.12. The largest absolute Gasteiger partial charge is 0.281 e. The van der Waals surface area contributed by atoms with E-state index in [-0.39, 0.29) is 11.0 Å². The third kappa shape index (κ3) is 3.46. The lowest BCUT2D eigenvalue weighted by Crippen LogP contribution is -2.17. The first-order valence-electron chi connectivity index (χ1n) is 7.66. The lowest BCUT2D eigenvalue weighted by Gasteiger charge is -2.18. The van der Waals surface area contributed by atoms with Gasteiger partial charge in [-0.15, -0.1) is 0 Å². The van der Waals surface area contributed by atoms with Crippen molar-refractivity contribution in [1.82, 2.24) is 9.66 Å². The molecule has 0 unspecified atom stereocenters. The van der Waals surface area contributed by atoms with Crippen molar-refractivity contribution in [1.29, 1.82) is 0 Å². The molecule has 0 amide bonds. The lowest BCUT2D eigenvalue weighted by atomic mass is 9.87. The molecule has 122 valence electrons. The normalized spacial score (nSPS) is 12.2. The zero-order chi connectivity index (χ0) is 17.3. The third-order valence-corrected chi connectivity index (χ3v) is 4.30. The minimum atomic E-state index is -0.191. The summed E-state index contributed by atoms with van der Waals surface area (Å²) in [4.78, 5) is 16.7. The van der Waals surface area contributed by atoms with E-state index in [1.54, 1.807) is 18.3 Å². The molecule has 1 aromatic heterocycles. The van der Waals surface area contributed by atoms with Crippen LogP contribution in [0.15, 0.2) is 63.2 Å². The Bertz CT molecular complexity index is 967. The van der Waals surface area contributed by atoms with E-state index in [0.717, 1.165) is 10.0 Å². The molecule has 0 aliphatic heterocycles. The molecule has 5 heteroatoms. The van der Waals surface area contributed by atoms with Crippen LogP contribution in [0.4, 0.5) is 0 Å². The van der Waals surface area contributed by atoms with Crippen molar-refractivity contribution >= 4 is 33.0 Å². The second-order valence-electron chi connectivity index (χ2n) is 6.67. The molecule has 0 aliphatic rings. The zero-order valence-electron chi connectivity index (χ0n) is 13.8. The summed E-state index contributed by atoms with van der Waals surface area (Å²) in [6, 6.07) is 13.6. The first kappa shape index (κ1) is 16.6. The second-order valence-corrected chi connectivity index (χ2v) is 7.59. The predicted molar refractivity (Wildman–Crippen MR) is 102 cm³/mol. The number of hydrogen-bond acceptors (Lipinski definition) is 3. The van der Waals surface area contributed by atoms with Gasteiger partial charge in [-0.25, -0.2) is 4.98 Å². The van der Waals surface area contributed by atoms with Crippen LogP contribution in [0.1, 0.15) is 31.9 Å². The van der Waals surface area contributed by atoms with Gasteiger partial charge >= 0.3 is 0 Å². The van der Waals surface area contributed by atoms with Crippen molar-refractivity contribution in [3.63, 3.8) is 0 Å². The first-order chi connectivity index (χ1) is 11.3. The Morgan fingerprint density at radius 1 is 1.12 bits per heavy atom. The van der Waals surface area contributed by atoms with Crippen LogP contribution in [-0.4, -0.2) is 15.9 Å². The van der Waals surface area contributed by atoms with Crippen LogP contribution in [0.3, 0.4) is 0 Å². The summed E-state index contributed by atoms with van der Waals surface area (Å²) in [6.07, 6.45) is 3.11. The van der Waals surface area contributed by atoms with E-state index in [4.69, 9.17) is 0 Å². The van der Waals surface area contributed by atoms with Gasteiger partial charge in [-0.1, -0.05) is 61.0 Å². The fraction of sp³-hybridized carbons (Fsp3) is 0.211. The standard InChI is InChI=1S/C19H18BrN3O/c1-19(2,3)14-6-4-13(5-7-14)11-22-23-12-21-17-9-8-15(20)10-16(17)18(23)24/h4-12H,1-3H3/b22-11+. The number of aromatic nitrogens is 2. The molecule has 3 aromatic rings. The Hall–Kier alpha value is -2.27. The van der Waals surface area contributed by atoms with Crippen LogP contribution >= 0.6 is 15.9 Å². The Balaban J connectivity index is 1.93. The van der Waals surface area contributed by atoms with Gasteiger partial charge in [-0.3, -0.25) is 4.79 Å².